The van der Waals surface area contributed by atoms with Crippen molar-refractivity contribution in [2.24, 2.45) is 0 Å². The summed E-state index contributed by atoms with van der Waals surface area (Å²) >= 11 is 0. The first-order valence-electron chi connectivity index (χ1n) is 9.85. The number of anilines is 1. The van der Waals surface area contributed by atoms with E-state index < -0.39 is 11.9 Å². The lowest BCUT2D eigenvalue weighted by Crippen LogP contribution is -2.45. The summed E-state index contributed by atoms with van der Waals surface area (Å²) in [5.41, 5.74) is 2.44. The van der Waals surface area contributed by atoms with Gasteiger partial charge in [-0.1, -0.05) is 30.3 Å². The van der Waals surface area contributed by atoms with Crippen molar-refractivity contribution in [1.29, 1.82) is 0 Å². The molecule has 1 aromatic carbocycles. The molecule has 3 heterocycles. The molecule has 0 aliphatic carbocycles. The molecule has 2 aromatic heterocycles. The first kappa shape index (κ1) is 19.9. The second kappa shape index (κ2) is 8.94. The molecule has 1 N–H and O–H groups in total. The maximum absolute atomic E-state index is 14.6. The van der Waals surface area contributed by atoms with Crippen LogP contribution in [0.25, 0.3) is 11.0 Å². The Morgan fingerprint density at radius 1 is 1.20 bits per heavy atom. The molecular formula is C22H23FN4O3. The zero-order valence-corrected chi connectivity index (χ0v) is 16.7. The number of nitrogens with zero attached hydrogens (tertiary/aromatic N) is 3. The molecule has 1 aliphatic heterocycles. The van der Waals surface area contributed by atoms with Crippen LogP contribution in [0.5, 0.6) is 5.88 Å². The van der Waals surface area contributed by atoms with E-state index in [0.29, 0.717) is 48.5 Å². The van der Waals surface area contributed by atoms with E-state index in [9.17, 15) is 9.18 Å². The van der Waals surface area contributed by atoms with Crippen LogP contribution < -0.4 is 15.0 Å². The molecule has 0 saturated carbocycles. The maximum Gasteiger partial charge on any atom is 0.407 e. The highest BCUT2D eigenvalue weighted by Crippen LogP contribution is 2.30. The molecule has 1 saturated heterocycles. The zero-order valence-electron chi connectivity index (χ0n) is 16.7. The number of nitrogens with one attached hydrogen (secondary N) is 1. The van der Waals surface area contributed by atoms with E-state index in [2.05, 4.69) is 15.3 Å². The Morgan fingerprint density at radius 3 is 2.70 bits per heavy atom. The third kappa shape index (κ3) is 4.42. The van der Waals surface area contributed by atoms with Gasteiger partial charge < -0.3 is 19.7 Å². The van der Waals surface area contributed by atoms with Crippen molar-refractivity contribution in [3.63, 3.8) is 0 Å². The Labute approximate surface area is 173 Å². The molecule has 8 heteroatoms. The predicted octanol–water partition coefficient (Wildman–Crippen LogP) is 3.67. The molecule has 30 heavy (non-hydrogen) atoms. The van der Waals surface area contributed by atoms with E-state index >= 15 is 0 Å². The highest BCUT2D eigenvalue weighted by Gasteiger charge is 2.25. The smallest absolute Gasteiger partial charge is 0.407 e. The summed E-state index contributed by atoms with van der Waals surface area (Å²) < 4.78 is 25.1. The number of carbonyl (C=O) groups is 1. The summed E-state index contributed by atoms with van der Waals surface area (Å²) in [5.74, 6) is -0.00852. The number of amides is 1. The quantitative estimate of drug-likeness (QED) is 0.692. The van der Waals surface area contributed by atoms with Gasteiger partial charge in [-0.2, -0.15) is 0 Å². The first-order valence-corrected chi connectivity index (χ1v) is 9.85. The second-order valence-electron chi connectivity index (χ2n) is 7.14. The molecule has 0 spiro atoms. The van der Waals surface area contributed by atoms with Gasteiger partial charge in [-0.05, 0) is 24.5 Å². The highest BCUT2D eigenvalue weighted by molar-refractivity contribution is 5.88. The molecule has 7 nitrogen and oxygen atoms in total. The van der Waals surface area contributed by atoms with Crippen LogP contribution in [0.2, 0.25) is 0 Å². The lowest BCUT2D eigenvalue weighted by molar-refractivity contribution is 0.134. The van der Waals surface area contributed by atoms with E-state index in [1.54, 1.807) is 12.1 Å². The van der Waals surface area contributed by atoms with E-state index in [-0.39, 0.29) is 12.6 Å². The van der Waals surface area contributed by atoms with Crippen LogP contribution in [0.4, 0.5) is 14.9 Å². The van der Waals surface area contributed by atoms with Crippen LogP contribution in [0.3, 0.4) is 0 Å². The lowest BCUT2D eigenvalue weighted by atomic mass is 10.0. The number of hydrogen-bond donors (Lipinski definition) is 1. The Balaban J connectivity index is 1.37. The molecule has 0 radical (unpaired) electrons. The third-order valence-electron chi connectivity index (χ3n) is 5.17. The van der Waals surface area contributed by atoms with Gasteiger partial charge in [0.15, 0.2) is 5.82 Å². The number of hydrogen-bond acceptors (Lipinski definition) is 6. The zero-order chi connectivity index (χ0) is 20.9. The summed E-state index contributed by atoms with van der Waals surface area (Å²) in [6.07, 6.45) is 2.13. The van der Waals surface area contributed by atoms with Crippen LogP contribution in [-0.4, -0.2) is 42.3 Å². The van der Waals surface area contributed by atoms with Crippen LogP contribution in [0.15, 0.2) is 48.7 Å². The van der Waals surface area contributed by atoms with Gasteiger partial charge in [0.05, 0.1) is 18.8 Å². The molecule has 0 atom stereocenters. The van der Waals surface area contributed by atoms with Crippen molar-refractivity contribution in [3.8, 4) is 5.88 Å². The SMILES string of the molecule is COc1ccc2ncc(F)c(N3CCC(NC(=O)OCc4ccccc4)CC3)c2n1. The van der Waals surface area contributed by atoms with Crippen LogP contribution in [0.1, 0.15) is 18.4 Å². The van der Waals surface area contributed by atoms with Crippen molar-refractivity contribution >= 4 is 22.8 Å². The van der Waals surface area contributed by atoms with Crippen molar-refractivity contribution in [3.05, 3.63) is 60.0 Å². The largest absolute Gasteiger partial charge is 0.481 e. The second-order valence-corrected chi connectivity index (χ2v) is 7.14. The van der Waals surface area contributed by atoms with Gasteiger partial charge in [0.1, 0.15) is 17.8 Å². The van der Waals surface area contributed by atoms with E-state index in [4.69, 9.17) is 9.47 Å². The number of rotatable bonds is 5. The van der Waals surface area contributed by atoms with E-state index in [1.165, 1.54) is 13.3 Å². The maximum atomic E-state index is 14.6. The van der Waals surface area contributed by atoms with Crippen molar-refractivity contribution in [1.82, 2.24) is 15.3 Å². The van der Waals surface area contributed by atoms with Gasteiger partial charge >= 0.3 is 6.09 Å². The summed E-state index contributed by atoms with van der Waals surface area (Å²) in [4.78, 5) is 22.6. The Bertz CT molecular complexity index is 1020. The fraction of sp³-hybridized carbons (Fsp3) is 0.318. The predicted molar refractivity (Wildman–Crippen MR) is 111 cm³/mol. The molecule has 1 aliphatic rings. The van der Waals surface area contributed by atoms with E-state index in [0.717, 1.165) is 5.56 Å². The Morgan fingerprint density at radius 2 is 1.97 bits per heavy atom. The highest BCUT2D eigenvalue weighted by atomic mass is 19.1. The first-order chi connectivity index (χ1) is 14.6. The summed E-state index contributed by atoms with van der Waals surface area (Å²) in [7, 11) is 1.52. The Hall–Kier alpha value is -3.42. The summed E-state index contributed by atoms with van der Waals surface area (Å²) in [6, 6.07) is 13.0. The number of piperidine rings is 1. The number of alkyl carbamates (subject to hydrolysis) is 1. The monoisotopic (exact) mass is 410 g/mol. The number of benzene rings is 1. The average Bonchev–Trinajstić information content (AvgIpc) is 2.79. The Kier molecular flexibility index (Phi) is 5.92. The number of carbonyl (C=O) groups excluding carboxylic acids is 1. The minimum atomic E-state index is -0.441. The summed E-state index contributed by atoms with van der Waals surface area (Å²) in [6.45, 7) is 1.39. The van der Waals surface area contributed by atoms with Crippen LogP contribution in [-0.2, 0) is 11.3 Å². The van der Waals surface area contributed by atoms with Crippen LogP contribution in [0, 0.1) is 5.82 Å². The van der Waals surface area contributed by atoms with Crippen molar-refractivity contribution < 1.29 is 18.7 Å². The average molecular weight is 410 g/mol. The standard InChI is InChI=1S/C22H23FN4O3/c1-29-19-8-7-18-20(26-19)21(17(23)13-24-18)27-11-9-16(10-12-27)25-22(28)30-14-15-5-3-2-4-6-15/h2-8,13,16H,9-12,14H2,1H3,(H,25,28). The molecule has 1 fully saturated rings. The molecule has 1 amide bonds. The normalized spacial score (nSPS) is 14.5. The van der Waals surface area contributed by atoms with Crippen molar-refractivity contribution in [2.45, 2.75) is 25.5 Å². The van der Waals surface area contributed by atoms with Gasteiger partial charge in [-0.3, -0.25) is 4.98 Å². The minimum Gasteiger partial charge on any atom is -0.481 e. The number of fused-ring (bicyclic) bond motifs is 1. The molecule has 156 valence electrons. The summed E-state index contributed by atoms with van der Waals surface area (Å²) in [5, 5.41) is 2.90. The minimum absolute atomic E-state index is 0.0248. The molecule has 4 rings (SSSR count). The van der Waals surface area contributed by atoms with E-state index in [1.807, 2.05) is 35.2 Å². The fourth-order valence-electron chi connectivity index (χ4n) is 3.61. The van der Waals surface area contributed by atoms with Gasteiger partial charge in [-0.15, -0.1) is 0 Å². The lowest BCUT2D eigenvalue weighted by Gasteiger charge is -2.34. The number of halogens is 1. The van der Waals surface area contributed by atoms with Gasteiger partial charge in [0.25, 0.3) is 0 Å². The number of methoxy groups -OCH3 is 1. The number of ether oxygens (including phenoxy) is 2. The third-order valence-corrected chi connectivity index (χ3v) is 5.17. The fourth-order valence-corrected chi connectivity index (χ4v) is 3.61. The molecule has 3 aromatic rings. The number of aromatic nitrogens is 2. The van der Waals surface area contributed by atoms with Crippen molar-refractivity contribution in [2.75, 3.05) is 25.1 Å². The molecule has 0 bridgehead atoms. The topological polar surface area (TPSA) is 76.6 Å². The van der Waals surface area contributed by atoms with Crippen LogP contribution >= 0.6 is 0 Å². The molecule has 0 unspecified atom stereocenters. The molecular weight excluding hydrogens is 387 g/mol. The van der Waals surface area contributed by atoms with Gasteiger partial charge in [0.2, 0.25) is 5.88 Å². The van der Waals surface area contributed by atoms with Gasteiger partial charge in [-0.25, -0.2) is 14.2 Å². The van der Waals surface area contributed by atoms with Gasteiger partial charge in [0, 0.05) is 25.2 Å². The number of pyridine rings is 2.